The van der Waals surface area contributed by atoms with Gasteiger partial charge in [-0.2, -0.15) is 13.2 Å². The van der Waals surface area contributed by atoms with Crippen LogP contribution in [0, 0.1) is 0 Å². The third kappa shape index (κ3) is 4.96. The van der Waals surface area contributed by atoms with E-state index in [1.807, 2.05) is 4.90 Å². The summed E-state index contributed by atoms with van der Waals surface area (Å²) in [7, 11) is 0. The number of halogens is 4. The van der Waals surface area contributed by atoms with E-state index < -0.39 is 11.7 Å². The number of carbonyl (C=O) groups excluding carboxylic acids is 1. The van der Waals surface area contributed by atoms with E-state index >= 15 is 0 Å². The molecule has 1 aliphatic rings. The van der Waals surface area contributed by atoms with Crippen LogP contribution in [0.25, 0.3) is 0 Å². The zero-order valence-corrected chi connectivity index (χ0v) is 13.4. The minimum absolute atomic E-state index is 0.0448. The predicted octanol–water partition coefficient (Wildman–Crippen LogP) is 2.70. The maximum absolute atomic E-state index is 12.8. The molecule has 4 nitrogen and oxygen atoms in total. The molecule has 1 saturated heterocycles. The number of hydrogen-bond donors (Lipinski definition) is 2. The fourth-order valence-electron chi connectivity index (χ4n) is 2.28. The van der Waals surface area contributed by atoms with Crippen molar-refractivity contribution in [2.45, 2.75) is 12.6 Å². The smallest absolute Gasteiger partial charge is 0.325 e. The van der Waals surface area contributed by atoms with Crippen LogP contribution in [-0.2, 0) is 11.0 Å². The molecule has 0 aliphatic carbocycles. The second-order valence-electron chi connectivity index (χ2n) is 5.12. The number of nitrogens with one attached hydrogen (secondary N) is 2. The standard InChI is InChI=1S/C14H17BrF3N3O/c15-12-3-2-10(8-11(12)14(16,17)18)20-13(22)9-21-6-1-4-19-5-7-21/h2-3,8,19H,1,4-7,9H2,(H,20,22). The number of rotatable bonds is 3. The monoisotopic (exact) mass is 379 g/mol. The number of carbonyl (C=O) groups is 1. The van der Waals surface area contributed by atoms with Crippen LogP contribution in [0.4, 0.5) is 18.9 Å². The number of benzene rings is 1. The van der Waals surface area contributed by atoms with Gasteiger partial charge < -0.3 is 10.6 Å². The van der Waals surface area contributed by atoms with Gasteiger partial charge in [0.25, 0.3) is 0 Å². The highest BCUT2D eigenvalue weighted by atomic mass is 79.9. The van der Waals surface area contributed by atoms with Gasteiger partial charge in [-0.25, -0.2) is 0 Å². The normalized spacial score (nSPS) is 17.1. The number of alkyl halides is 3. The van der Waals surface area contributed by atoms with E-state index in [-0.39, 0.29) is 22.6 Å². The molecule has 1 heterocycles. The lowest BCUT2D eigenvalue weighted by Gasteiger charge is -2.19. The molecule has 22 heavy (non-hydrogen) atoms. The predicted molar refractivity (Wildman–Crippen MR) is 81.7 cm³/mol. The Kier molecular flexibility index (Phi) is 5.82. The Morgan fingerprint density at radius 2 is 2.09 bits per heavy atom. The lowest BCUT2D eigenvalue weighted by molar-refractivity contribution is -0.138. The zero-order chi connectivity index (χ0) is 16.2. The lowest BCUT2D eigenvalue weighted by Crippen LogP contribution is -2.35. The maximum atomic E-state index is 12.8. The van der Waals surface area contributed by atoms with Crippen LogP contribution in [-0.4, -0.2) is 43.5 Å². The summed E-state index contributed by atoms with van der Waals surface area (Å²) in [5.41, 5.74) is -0.655. The molecule has 122 valence electrons. The van der Waals surface area contributed by atoms with Crippen molar-refractivity contribution >= 4 is 27.5 Å². The van der Waals surface area contributed by atoms with Gasteiger partial charge >= 0.3 is 6.18 Å². The molecule has 2 rings (SSSR count). The highest BCUT2D eigenvalue weighted by Gasteiger charge is 2.33. The molecule has 0 bridgehead atoms. The van der Waals surface area contributed by atoms with E-state index in [2.05, 4.69) is 26.6 Å². The number of hydrogen-bond acceptors (Lipinski definition) is 3. The van der Waals surface area contributed by atoms with Crippen molar-refractivity contribution in [3.05, 3.63) is 28.2 Å². The minimum Gasteiger partial charge on any atom is -0.325 e. The SMILES string of the molecule is O=C(CN1CCCNCC1)Nc1ccc(Br)c(C(F)(F)F)c1. The number of anilines is 1. The first-order chi connectivity index (χ1) is 10.4. The molecule has 2 N–H and O–H groups in total. The summed E-state index contributed by atoms with van der Waals surface area (Å²) in [6, 6.07) is 3.67. The van der Waals surface area contributed by atoms with Crippen LogP contribution in [0.1, 0.15) is 12.0 Å². The highest BCUT2D eigenvalue weighted by molar-refractivity contribution is 9.10. The van der Waals surface area contributed by atoms with Crippen LogP contribution >= 0.6 is 15.9 Å². The van der Waals surface area contributed by atoms with Crippen LogP contribution in [0.3, 0.4) is 0 Å². The van der Waals surface area contributed by atoms with Gasteiger partial charge in [0.2, 0.25) is 5.91 Å². The van der Waals surface area contributed by atoms with E-state index in [1.165, 1.54) is 12.1 Å². The average molecular weight is 380 g/mol. The van der Waals surface area contributed by atoms with Crippen LogP contribution < -0.4 is 10.6 Å². The Bertz CT molecular complexity index is 529. The molecule has 0 unspecified atom stereocenters. The molecule has 8 heteroatoms. The largest absolute Gasteiger partial charge is 0.417 e. The molecule has 0 radical (unpaired) electrons. The molecule has 0 saturated carbocycles. The van der Waals surface area contributed by atoms with E-state index in [9.17, 15) is 18.0 Å². The Labute approximate surface area is 135 Å². The van der Waals surface area contributed by atoms with Crippen LogP contribution in [0.15, 0.2) is 22.7 Å². The quantitative estimate of drug-likeness (QED) is 0.848. The topological polar surface area (TPSA) is 44.4 Å². The van der Waals surface area contributed by atoms with E-state index in [0.29, 0.717) is 0 Å². The van der Waals surface area contributed by atoms with E-state index in [4.69, 9.17) is 0 Å². The third-order valence-corrected chi connectivity index (χ3v) is 4.05. The maximum Gasteiger partial charge on any atom is 0.417 e. The molecule has 1 aliphatic heterocycles. The molecular formula is C14H17BrF3N3O. The van der Waals surface area contributed by atoms with Gasteiger partial charge in [-0.05, 0) is 37.7 Å². The molecule has 1 fully saturated rings. The van der Waals surface area contributed by atoms with E-state index in [0.717, 1.165) is 38.7 Å². The second-order valence-corrected chi connectivity index (χ2v) is 5.97. The Morgan fingerprint density at radius 3 is 2.82 bits per heavy atom. The average Bonchev–Trinajstić information content (AvgIpc) is 2.68. The van der Waals surface area contributed by atoms with E-state index in [1.54, 1.807) is 0 Å². The summed E-state index contributed by atoms with van der Waals surface area (Å²) in [6.45, 7) is 3.46. The van der Waals surface area contributed by atoms with Gasteiger partial charge in [-0.15, -0.1) is 0 Å². The van der Waals surface area contributed by atoms with Gasteiger partial charge in [-0.3, -0.25) is 9.69 Å². The lowest BCUT2D eigenvalue weighted by atomic mass is 10.2. The zero-order valence-electron chi connectivity index (χ0n) is 11.8. The van der Waals surface area contributed by atoms with Crippen molar-refractivity contribution in [3.63, 3.8) is 0 Å². The summed E-state index contributed by atoms with van der Waals surface area (Å²) >= 11 is 2.87. The Hall–Kier alpha value is -1.12. The summed E-state index contributed by atoms with van der Waals surface area (Å²) in [5, 5.41) is 5.75. The van der Waals surface area contributed by atoms with Crippen LogP contribution in [0.2, 0.25) is 0 Å². The Balaban J connectivity index is 1.99. The van der Waals surface area contributed by atoms with Crippen molar-refractivity contribution in [3.8, 4) is 0 Å². The summed E-state index contributed by atoms with van der Waals surface area (Å²) in [5.74, 6) is -0.308. The summed E-state index contributed by atoms with van der Waals surface area (Å²) in [4.78, 5) is 14.0. The molecule has 1 amide bonds. The van der Waals surface area contributed by atoms with Gasteiger partial charge in [0.1, 0.15) is 0 Å². The fourth-order valence-corrected chi connectivity index (χ4v) is 2.76. The summed E-state index contributed by atoms with van der Waals surface area (Å²) in [6.07, 6.45) is -3.51. The van der Waals surface area contributed by atoms with Crippen molar-refractivity contribution < 1.29 is 18.0 Å². The first-order valence-electron chi connectivity index (χ1n) is 6.96. The fraction of sp³-hybridized carbons (Fsp3) is 0.500. The van der Waals surface area contributed by atoms with Crippen molar-refractivity contribution in [1.82, 2.24) is 10.2 Å². The molecule has 1 aromatic rings. The van der Waals surface area contributed by atoms with Crippen LogP contribution in [0.5, 0.6) is 0 Å². The van der Waals surface area contributed by atoms with Gasteiger partial charge in [0.05, 0.1) is 12.1 Å². The van der Waals surface area contributed by atoms with Gasteiger partial charge in [0.15, 0.2) is 0 Å². The number of amides is 1. The molecule has 0 aromatic heterocycles. The molecule has 0 spiro atoms. The third-order valence-electron chi connectivity index (χ3n) is 3.36. The summed E-state index contributed by atoms with van der Waals surface area (Å²) < 4.78 is 38.4. The van der Waals surface area contributed by atoms with Crippen molar-refractivity contribution in [2.24, 2.45) is 0 Å². The van der Waals surface area contributed by atoms with Crippen molar-refractivity contribution in [1.29, 1.82) is 0 Å². The minimum atomic E-state index is -4.46. The van der Waals surface area contributed by atoms with Gasteiger partial charge in [-0.1, -0.05) is 15.9 Å². The Morgan fingerprint density at radius 1 is 1.32 bits per heavy atom. The molecular weight excluding hydrogens is 363 g/mol. The van der Waals surface area contributed by atoms with Crippen molar-refractivity contribution in [2.75, 3.05) is 38.0 Å². The first-order valence-corrected chi connectivity index (χ1v) is 7.75. The highest BCUT2D eigenvalue weighted by Crippen LogP contribution is 2.36. The molecule has 1 aromatic carbocycles. The first kappa shape index (κ1) is 17.2. The second kappa shape index (κ2) is 7.43. The molecule has 0 atom stereocenters. The van der Waals surface area contributed by atoms with Gasteiger partial charge in [0, 0.05) is 23.2 Å². The number of nitrogens with zero attached hydrogens (tertiary/aromatic N) is 1.